The number of nitrogens with one attached hydrogen (secondary N) is 1. The Hall–Kier alpha value is -0.740. The Labute approximate surface area is 114 Å². The van der Waals surface area contributed by atoms with E-state index in [1.54, 1.807) is 0 Å². The van der Waals surface area contributed by atoms with Crippen molar-refractivity contribution in [3.05, 3.63) is 0 Å². The second-order valence-electron chi connectivity index (χ2n) is 4.94. The van der Waals surface area contributed by atoms with E-state index in [2.05, 4.69) is 6.92 Å². The normalized spacial score (nSPS) is 11.6. The van der Waals surface area contributed by atoms with Crippen LogP contribution in [0.2, 0.25) is 0 Å². The highest BCUT2D eigenvalue weighted by Gasteiger charge is 2.38. The van der Waals surface area contributed by atoms with E-state index in [0.717, 1.165) is 19.3 Å². The first-order valence-electron chi connectivity index (χ1n) is 7.33. The lowest BCUT2D eigenvalue weighted by atomic mass is 10.1. The summed E-state index contributed by atoms with van der Waals surface area (Å²) in [5.74, 6) is -1.83. The van der Waals surface area contributed by atoms with Gasteiger partial charge >= 0.3 is 12.1 Å². The number of hydrogen-bond acceptors (Lipinski definition) is 1. The smallest absolute Gasteiger partial charge is 0.348 e. The Morgan fingerprint density at radius 3 is 1.68 bits per heavy atom. The summed E-state index contributed by atoms with van der Waals surface area (Å²) in [4.78, 5) is 10.5. The van der Waals surface area contributed by atoms with Crippen molar-refractivity contribution in [2.24, 2.45) is 0 Å². The molecule has 19 heavy (non-hydrogen) atoms. The van der Waals surface area contributed by atoms with Gasteiger partial charge in [0, 0.05) is 6.54 Å². The largest absolute Gasteiger partial charge is 0.471 e. The van der Waals surface area contributed by atoms with Gasteiger partial charge in [0.05, 0.1) is 0 Å². The Kier molecular flexibility index (Phi) is 10.7. The fourth-order valence-electron chi connectivity index (χ4n) is 1.91. The number of unbranched alkanes of at least 4 members (excludes halogenated alkanes) is 9. The Bertz CT molecular complexity index is 229. The number of halogens is 3. The van der Waals surface area contributed by atoms with Gasteiger partial charge in [-0.2, -0.15) is 13.2 Å². The summed E-state index contributed by atoms with van der Waals surface area (Å²) in [6.07, 6.45) is 6.54. The summed E-state index contributed by atoms with van der Waals surface area (Å²) in [6.45, 7) is 2.31. The topological polar surface area (TPSA) is 29.1 Å². The van der Waals surface area contributed by atoms with Crippen LogP contribution in [0.25, 0.3) is 0 Å². The molecular weight excluding hydrogens is 254 g/mol. The van der Waals surface area contributed by atoms with Crippen molar-refractivity contribution in [2.45, 2.75) is 77.3 Å². The average Bonchev–Trinajstić information content (AvgIpc) is 2.34. The molecule has 0 aromatic carbocycles. The molecule has 0 unspecified atom stereocenters. The van der Waals surface area contributed by atoms with Crippen molar-refractivity contribution in [3.8, 4) is 0 Å². The third-order valence-electron chi connectivity index (χ3n) is 3.07. The van der Waals surface area contributed by atoms with Crippen molar-refractivity contribution < 1.29 is 18.0 Å². The lowest BCUT2D eigenvalue weighted by Crippen LogP contribution is -2.37. The van der Waals surface area contributed by atoms with Crippen LogP contribution in [0.4, 0.5) is 13.2 Å². The van der Waals surface area contributed by atoms with Crippen molar-refractivity contribution in [2.75, 3.05) is 6.54 Å². The zero-order chi connectivity index (χ0) is 14.6. The minimum absolute atomic E-state index is 0.120. The highest BCUT2D eigenvalue weighted by atomic mass is 19.3. The Morgan fingerprint density at radius 1 is 0.842 bits per heavy atom. The number of carbonyl (C=O) groups excluding carboxylic acids is 1. The zero-order valence-electron chi connectivity index (χ0n) is 11.8. The van der Waals surface area contributed by atoms with Crippen molar-refractivity contribution in [1.29, 1.82) is 0 Å². The Balaban J connectivity index is 3.17. The fourth-order valence-corrected chi connectivity index (χ4v) is 1.91. The molecule has 0 aliphatic rings. The molecule has 0 aromatic rings. The SMILES string of the molecule is CCCCCCCCCCCCNC(=O)C(F)(F)[18F]. The van der Waals surface area contributed by atoms with Gasteiger partial charge in [0.15, 0.2) is 0 Å². The van der Waals surface area contributed by atoms with Gasteiger partial charge in [0.2, 0.25) is 0 Å². The van der Waals surface area contributed by atoms with Crippen LogP contribution in [0.5, 0.6) is 0 Å². The molecule has 0 bridgehead atoms. The van der Waals surface area contributed by atoms with Crippen LogP contribution < -0.4 is 5.32 Å². The molecule has 5 heteroatoms. The molecule has 0 spiro atoms. The van der Waals surface area contributed by atoms with E-state index in [4.69, 9.17) is 0 Å². The molecule has 0 heterocycles. The second-order valence-corrected chi connectivity index (χ2v) is 4.94. The van der Waals surface area contributed by atoms with Gasteiger partial charge in [0.25, 0.3) is 0 Å². The van der Waals surface area contributed by atoms with Crippen LogP contribution in [0.1, 0.15) is 71.1 Å². The monoisotopic (exact) mass is 280 g/mol. The van der Waals surface area contributed by atoms with E-state index in [1.807, 2.05) is 5.32 Å². The van der Waals surface area contributed by atoms with Gasteiger partial charge in [-0.15, -0.1) is 0 Å². The molecule has 1 N–H and O–H groups in total. The molecule has 0 radical (unpaired) electrons. The quantitative estimate of drug-likeness (QED) is 0.551. The molecule has 0 fully saturated rings. The number of rotatable bonds is 11. The van der Waals surface area contributed by atoms with Crippen LogP contribution >= 0.6 is 0 Å². The van der Waals surface area contributed by atoms with E-state index in [9.17, 15) is 18.0 Å². The molecule has 0 aromatic heterocycles. The summed E-state index contributed by atoms with van der Waals surface area (Å²) >= 11 is 0. The van der Waals surface area contributed by atoms with Gasteiger partial charge in [-0.25, -0.2) is 0 Å². The first-order valence-corrected chi connectivity index (χ1v) is 7.33. The fraction of sp³-hybridized carbons (Fsp3) is 0.929. The first kappa shape index (κ1) is 18.3. The highest BCUT2D eigenvalue weighted by Crippen LogP contribution is 2.14. The standard InChI is InChI=1S/C14H26F3NO/c1-2-3-4-5-6-7-8-9-10-11-12-18-13(19)14(15,16)17/h2-12H2,1H3,(H,18,19)/i15-1. The highest BCUT2D eigenvalue weighted by molar-refractivity contribution is 5.81. The number of alkyl halides is 3. The van der Waals surface area contributed by atoms with E-state index in [-0.39, 0.29) is 6.54 Å². The third-order valence-corrected chi connectivity index (χ3v) is 3.07. The van der Waals surface area contributed by atoms with Gasteiger partial charge in [-0.1, -0.05) is 64.7 Å². The minimum Gasteiger partial charge on any atom is -0.348 e. The molecule has 0 rings (SSSR count). The molecule has 0 atom stereocenters. The van der Waals surface area contributed by atoms with Crippen LogP contribution in [-0.4, -0.2) is 18.6 Å². The van der Waals surface area contributed by atoms with E-state index in [1.165, 1.54) is 38.5 Å². The summed E-state index contributed by atoms with van der Waals surface area (Å²) in [6, 6.07) is 0. The van der Waals surface area contributed by atoms with E-state index in [0.29, 0.717) is 6.42 Å². The van der Waals surface area contributed by atoms with Crippen LogP contribution in [0.3, 0.4) is 0 Å². The van der Waals surface area contributed by atoms with Gasteiger partial charge in [-0.3, -0.25) is 4.79 Å². The summed E-state index contributed by atoms with van der Waals surface area (Å²) in [5, 5.41) is 1.88. The number of hydrogen-bond donors (Lipinski definition) is 1. The lowest BCUT2D eigenvalue weighted by molar-refractivity contribution is -0.173. The van der Waals surface area contributed by atoms with Crippen molar-refractivity contribution in [3.63, 3.8) is 0 Å². The Morgan fingerprint density at radius 2 is 1.26 bits per heavy atom. The molecule has 0 aliphatic heterocycles. The van der Waals surface area contributed by atoms with Gasteiger partial charge < -0.3 is 5.32 Å². The van der Waals surface area contributed by atoms with Crippen LogP contribution in [0, 0.1) is 0 Å². The maximum Gasteiger partial charge on any atom is 0.471 e. The summed E-state index contributed by atoms with van der Waals surface area (Å²) in [7, 11) is 0. The molecule has 1 amide bonds. The first-order chi connectivity index (χ1) is 8.98. The van der Waals surface area contributed by atoms with Crippen LogP contribution in [-0.2, 0) is 4.79 Å². The maximum atomic E-state index is 11.8. The van der Waals surface area contributed by atoms with E-state index >= 15 is 0 Å². The van der Waals surface area contributed by atoms with Crippen LogP contribution in [0.15, 0.2) is 0 Å². The minimum atomic E-state index is -4.75. The summed E-state index contributed by atoms with van der Waals surface area (Å²) in [5.41, 5.74) is 0. The van der Waals surface area contributed by atoms with Crippen molar-refractivity contribution in [1.82, 2.24) is 5.32 Å². The molecule has 114 valence electrons. The molecule has 0 saturated carbocycles. The lowest BCUT2D eigenvalue weighted by Gasteiger charge is -2.07. The van der Waals surface area contributed by atoms with Gasteiger partial charge in [0.1, 0.15) is 0 Å². The molecule has 2 nitrogen and oxygen atoms in total. The third kappa shape index (κ3) is 12.1. The number of amides is 1. The van der Waals surface area contributed by atoms with Crippen molar-refractivity contribution >= 4 is 5.91 Å². The van der Waals surface area contributed by atoms with E-state index < -0.39 is 12.1 Å². The predicted molar refractivity (Wildman–Crippen MR) is 70.9 cm³/mol. The maximum absolute atomic E-state index is 11.8. The zero-order valence-corrected chi connectivity index (χ0v) is 11.8. The second kappa shape index (κ2) is 11.1. The molecular formula is C14H26F3NO. The molecule has 0 saturated heterocycles. The molecule has 0 aliphatic carbocycles. The predicted octanol–water partition coefficient (Wildman–Crippen LogP) is 4.59. The average molecular weight is 280 g/mol. The van der Waals surface area contributed by atoms with Gasteiger partial charge in [-0.05, 0) is 6.42 Å². The summed E-state index contributed by atoms with van der Waals surface area (Å²) < 4.78 is 35.5. The number of carbonyl (C=O) groups is 1.